The molecule has 0 unspecified atom stereocenters. The molecule has 4 nitrogen and oxygen atoms in total. The summed E-state index contributed by atoms with van der Waals surface area (Å²) in [6.45, 7) is 0. The van der Waals surface area contributed by atoms with Gasteiger partial charge in [0.1, 0.15) is 22.3 Å². The summed E-state index contributed by atoms with van der Waals surface area (Å²) in [5.41, 5.74) is 10.0. The summed E-state index contributed by atoms with van der Waals surface area (Å²) < 4.78 is 15.6. The number of fused-ring (bicyclic) bond motifs is 11. The first-order chi connectivity index (χ1) is 24.8. The highest BCUT2D eigenvalue weighted by Gasteiger charge is 2.26. The Hall–Kier alpha value is -6.78. The standard InChI is InChI=1S/C46H28N2O2/c1-2-14-30(15-3-1)47-35-19-8-6-17-32(35)43-36(47)20-10-21-37(43)48(38-22-11-25-41-44(38)33-18-7-9-24-40(33)49-41)39-23-12-26-42-45(39)34-28-27-29-13-4-5-16-31(29)46(34)50-42/h1-28H. The van der Waals surface area contributed by atoms with Crippen molar-refractivity contribution < 1.29 is 8.83 Å². The van der Waals surface area contributed by atoms with Crippen molar-refractivity contribution in [2.45, 2.75) is 0 Å². The second-order valence-electron chi connectivity index (χ2n) is 12.9. The minimum absolute atomic E-state index is 0.849. The lowest BCUT2D eigenvalue weighted by atomic mass is 10.0. The highest BCUT2D eigenvalue weighted by Crippen LogP contribution is 2.50. The second kappa shape index (κ2) is 10.4. The summed E-state index contributed by atoms with van der Waals surface area (Å²) in [6, 6.07) is 60.0. The van der Waals surface area contributed by atoms with E-state index in [1.165, 1.54) is 10.8 Å². The van der Waals surface area contributed by atoms with E-state index in [1.54, 1.807) is 0 Å². The number of rotatable bonds is 4. The number of benzene rings is 8. The minimum atomic E-state index is 0.849. The first-order valence-corrected chi connectivity index (χ1v) is 16.9. The van der Waals surface area contributed by atoms with Crippen LogP contribution in [-0.4, -0.2) is 4.57 Å². The van der Waals surface area contributed by atoms with Crippen molar-refractivity contribution in [2.75, 3.05) is 4.90 Å². The van der Waals surface area contributed by atoms with Crippen LogP contribution in [0.5, 0.6) is 0 Å². The van der Waals surface area contributed by atoms with Crippen LogP contribution in [0.15, 0.2) is 179 Å². The van der Waals surface area contributed by atoms with Gasteiger partial charge in [-0.1, -0.05) is 103 Å². The smallest absolute Gasteiger partial charge is 0.143 e. The van der Waals surface area contributed by atoms with Gasteiger partial charge in [-0.15, -0.1) is 0 Å². The topological polar surface area (TPSA) is 34.5 Å². The molecule has 11 rings (SSSR count). The zero-order valence-corrected chi connectivity index (χ0v) is 26.9. The molecule has 0 aliphatic carbocycles. The van der Waals surface area contributed by atoms with Gasteiger partial charge < -0.3 is 18.3 Å². The molecular weight excluding hydrogens is 613 g/mol. The summed E-state index contributed by atoms with van der Waals surface area (Å²) in [4.78, 5) is 2.43. The number of aromatic nitrogens is 1. The van der Waals surface area contributed by atoms with Crippen LogP contribution < -0.4 is 4.90 Å². The molecule has 0 radical (unpaired) electrons. The fraction of sp³-hybridized carbons (Fsp3) is 0. The highest BCUT2D eigenvalue weighted by atomic mass is 16.3. The molecule has 0 atom stereocenters. The van der Waals surface area contributed by atoms with Crippen LogP contribution >= 0.6 is 0 Å². The fourth-order valence-electron chi connectivity index (χ4n) is 8.09. The largest absolute Gasteiger partial charge is 0.456 e. The highest BCUT2D eigenvalue weighted by molar-refractivity contribution is 6.24. The van der Waals surface area contributed by atoms with E-state index in [4.69, 9.17) is 8.83 Å². The molecule has 8 aromatic carbocycles. The van der Waals surface area contributed by atoms with E-state index < -0.39 is 0 Å². The Morgan fingerprint density at radius 2 is 0.940 bits per heavy atom. The lowest BCUT2D eigenvalue weighted by molar-refractivity contribution is 0.669. The zero-order chi connectivity index (χ0) is 32.8. The predicted octanol–water partition coefficient (Wildman–Crippen LogP) is 13.2. The van der Waals surface area contributed by atoms with Gasteiger partial charge in [0.05, 0.1) is 38.9 Å². The van der Waals surface area contributed by atoms with Crippen LogP contribution in [0.4, 0.5) is 17.1 Å². The third kappa shape index (κ3) is 3.76. The fourth-order valence-corrected chi connectivity index (χ4v) is 8.09. The molecule has 0 saturated heterocycles. The van der Waals surface area contributed by atoms with Gasteiger partial charge in [0.15, 0.2) is 0 Å². The molecule has 0 saturated carbocycles. The van der Waals surface area contributed by atoms with Crippen LogP contribution in [0.25, 0.3) is 82.1 Å². The molecule has 234 valence electrons. The average Bonchev–Trinajstić information content (AvgIpc) is 3.86. The Labute approximate surface area is 286 Å². The lowest BCUT2D eigenvalue weighted by Crippen LogP contribution is -2.11. The van der Waals surface area contributed by atoms with Crippen molar-refractivity contribution in [1.29, 1.82) is 0 Å². The first kappa shape index (κ1) is 27.2. The molecule has 11 aromatic rings. The van der Waals surface area contributed by atoms with Crippen molar-refractivity contribution in [3.63, 3.8) is 0 Å². The van der Waals surface area contributed by atoms with Crippen molar-refractivity contribution >= 4 is 93.5 Å². The molecular formula is C46H28N2O2. The van der Waals surface area contributed by atoms with Crippen LogP contribution in [0, 0.1) is 0 Å². The Morgan fingerprint density at radius 3 is 1.76 bits per heavy atom. The van der Waals surface area contributed by atoms with Crippen molar-refractivity contribution in [3.05, 3.63) is 170 Å². The van der Waals surface area contributed by atoms with Crippen LogP contribution in [0.3, 0.4) is 0 Å². The van der Waals surface area contributed by atoms with Gasteiger partial charge in [-0.2, -0.15) is 0 Å². The molecule has 3 heterocycles. The Bertz CT molecular complexity index is 3110. The Morgan fingerprint density at radius 1 is 0.360 bits per heavy atom. The number of anilines is 3. The van der Waals surface area contributed by atoms with Crippen molar-refractivity contribution in [2.24, 2.45) is 0 Å². The molecule has 4 heteroatoms. The van der Waals surface area contributed by atoms with Crippen LogP contribution in [0.2, 0.25) is 0 Å². The van der Waals surface area contributed by atoms with Gasteiger partial charge >= 0.3 is 0 Å². The number of nitrogens with zero attached hydrogens (tertiary/aromatic N) is 2. The average molecular weight is 641 g/mol. The van der Waals surface area contributed by atoms with Crippen LogP contribution in [-0.2, 0) is 0 Å². The molecule has 0 aliphatic heterocycles. The van der Waals surface area contributed by atoms with Gasteiger partial charge in [-0.05, 0) is 72.1 Å². The first-order valence-electron chi connectivity index (χ1n) is 16.9. The van der Waals surface area contributed by atoms with Crippen LogP contribution in [0.1, 0.15) is 0 Å². The SMILES string of the molecule is c1ccc(-n2c3ccccc3c3c(N(c4cccc5oc6ccccc6c45)c4cccc5oc6c7ccccc7ccc6c45)cccc32)cc1. The summed E-state index contributed by atoms with van der Waals surface area (Å²) in [6.07, 6.45) is 0. The van der Waals surface area contributed by atoms with Gasteiger partial charge in [0.25, 0.3) is 0 Å². The van der Waals surface area contributed by atoms with Crippen molar-refractivity contribution in [3.8, 4) is 5.69 Å². The third-order valence-corrected chi connectivity index (χ3v) is 10.2. The molecule has 0 aliphatic rings. The number of hydrogen-bond donors (Lipinski definition) is 0. The van der Waals surface area contributed by atoms with E-state index in [2.05, 4.69) is 167 Å². The molecule has 0 amide bonds. The summed E-state index contributed by atoms with van der Waals surface area (Å²) in [5.74, 6) is 0. The maximum atomic E-state index is 6.74. The Kier molecular flexibility index (Phi) is 5.63. The summed E-state index contributed by atoms with van der Waals surface area (Å²) >= 11 is 0. The summed E-state index contributed by atoms with van der Waals surface area (Å²) in [5, 5.41) is 8.93. The maximum absolute atomic E-state index is 6.74. The second-order valence-corrected chi connectivity index (χ2v) is 12.9. The van der Waals surface area contributed by atoms with E-state index in [1.807, 2.05) is 12.1 Å². The number of para-hydroxylation sites is 3. The molecule has 0 bridgehead atoms. The molecule has 0 N–H and O–H groups in total. The van der Waals surface area contributed by atoms with Gasteiger partial charge in [-0.25, -0.2) is 0 Å². The maximum Gasteiger partial charge on any atom is 0.143 e. The van der Waals surface area contributed by atoms with Gasteiger partial charge in [0, 0.05) is 32.6 Å². The third-order valence-electron chi connectivity index (χ3n) is 10.2. The van der Waals surface area contributed by atoms with E-state index in [0.29, 0.717) is 0 Å². The van der Waals surface area contributed by atoms with E-state index >= 15 is 0 Å². The molecule has 50 heavy (non-hydrogen) atoms. The van der Waals surface area contributed by atoms with E-state index in [9.17, 15) is 0 Å². The van der Waals surface area contributed by atoms with Crippen molar-refractivity contribution in [1.82, 2.24) is 4.57 Å². The quantitative estimate of drug-likeness (QED) is 0.192. The minimum Gasteiger partial charge on any atom is -0.456 e. The zero-order valence-electron chi connectivity index (χ0n) is 26.9. The lowest BCUT2D eigenvalue weighted by Gasteiger charge is -2.28. The van der Waals surface area contributed by atoms with E-state index in [0.717, 1.165) is 88.4 Å². The number of hydrogen-bond acceptors (Lipinski definition) is 3. The molecule has 3 aromatic heterocycles. The monoisotopic (exact) mass is 640 g/mol. The molecule has 0 spiro atoms. The summed E-state index contributed by atoms with van der Waals surface area (Å²) in [7, 11) is 0. The predicted molar refractivity (Wildman–Crippen MR) is 208 cm³/mol. The Balaban J connectivity index is 1.32. The van der Waals surface area contributed by atoms with Gasteiger partial charge in [-0.3, -0.25) is 0 Å². The number of furan rings is 2. The normalized spacial score (nSPS) is 12.0. The van der Waals surface area contributed by atoms with Gasteiger partial charge in [0.2, 0.25) is 0 Å². The molecule has 0 fully saturated rings. The van der Waals surface area contributed by atoms with E-state index in [-0.39, 0.29) is 0 Å².